The molecule has 10 aromatic rings. The zero-order chi connectivity index (χ0) is 32.3. The van der Waals surface area contributed by atoms with Gasteiger partial charge in [0.1, 0.15) is 0 Å². The quantitative estimate of drug-likeness (QED) is 0.183. The second-order valence-corrected chi connectivity index (χ2v) is 12.6. The molecule has 8 aromatic carbocycles. The lowest BCUT2D eigenvalue weighted by Gasteiger charge is -2.15. The number of nitrogens with zero attached hydrogens (tertiary/aromatic N) is 3. The molecule has 0 aliphatic heterocycles. The third kappa shape index (κ3) is 4.37. The molecule has 3 nitrogen and oxygen atoms in total. The molecule has 0 radical (unpaired) electrons. The number of hydrogen-bond donors (Lipinski definition) is 0. The minimum Gasteiger partial charge on any atom is -0.309 e. The number of hydrogen-bond acceptors (Lipinski definition) is 2. The molecule has 0 amide bonds. The van der Waals surface area contributed by atoms with Crippen LogP contribution in [0.2, 0.25) is 0 Å². The molecule has 0 unspecified atom stereocenters. The average Bonchev–Trinajstić information content (AvgIpc) is 3.51. The highest BCUT2D eigenvalue weighted by Crippen LogP contribution is 2.40. The standard InChI is InChI=1S/C46H29N3/c1-3-13-30(14-4-1)32-23-25-43-39(27-32)40-28-33(31-15-5-2-6-16-31)24-26-44(40)49(43)42-22-12-11-21-38(42)41-29-47-45-36-19-9-7-17-34(36)35-18-8-10-20-37(35)46(45)48-41/h1-29H. The van der Waals surface area contributed by atoms with Gasteiger partial charge in [0, 0.05) is 27.1 Å². The predicted molar refractivity (Wildman–Crippen MR) is 205 cm³/mol. The van der Waals surface area contributed by atoms with Crippen LogP contribution in [0.15, 0.2) is 176 Å². The smallest absolute Gasteiger partial charge is 0.0979 e. The first-order chi connectivity index (χ1) is 24.3. The van der Waals surface area contributed by atoms with Gasteiger partial charge in [0.05, 0.1) is 39.6 Å². The van der Waals surface area contributed by atoms with Crippen LogP contribution in [0.3, 0.4) is 0 Å². The first-order valence-electron chi connectivity index (χ1n) is 16.7. The molecule has 0 N–H and O–H groups in total. The summed E-state index contributed by atoms with van der Waals surface area (Å²) in [6.45, 7) is 0. The summed E-state index contributed by atoms with van der Waals surface area (Å²) >= 11 is 0. The van der Waals surface area contributed by atoms with Crippen LogP contribution in [0, 0.1) is 0 Å². The Kier molecular flexibility index (Phi) is 6.18. The Hall–Kier alpha value is -6.58. The number of para-hydroxylation sites is 1. The maximum absolute atomic E-state index is 5.39. The fourth-order valence-corrected chi connectivity index (χ4v) is 7.54. The molecule has 0 fully saturated rings. The Morgan fingerprint density at radius 2 is 0.857 bits per heavy atom. The number of benzene rings is 8. The maximum atomic E-state index is 5.39. The SMILES string of the molecule is c1ccc(-c2ccc3c(c2)c2cc(-c4ccccc4)ccc2n3-c2ccccc2-c2cnc3c4ccccc4c4ccccc4c3n2)cc1. The summed E-state index contributed by atoms with van der Waals surface area (Å²) in [5.74, 6) is 0. The van der Waals surface area contributed by atoms with Gasteiger partial charge in [-0.3, -0.25) is 4.98 Å². The number of fused-ring (bicyclic) bond motifs is 9. The van der Waals surface area contributed by atoms with Gasteiger partial charge in [-0.2, -0.15) is 0 Å². The van der Waals surface area contributed by atoms with Crippen LogP contribution in [0.25, 0.3) is 93.6 Å². The van der Waals surface area contributed by atoms with Crippen molar-refractivity contribution in [2.45, 2.75) is 0 Å². The van der Waals surface area contributed by atoms with Crippen LogP contribution < -0.4 is 0 Å². The van der Waals surface area contributed by atoms with Crippen molar-refractivity contribution >= 4 is 54.4 Å². The Bertz CT molecular complexity index is 2740. The summed E-state index contributed by atoms with van der Waals surface area (Å²) in [7, 11) is 0. The largest absolute Gasteiger partial charge is 0.309 e. The summed E-state index contributed by atoms with van der Waals surface area (Å²) in [6, 6.07) is 60.6. The summed E-state index contributed by atoms with van der Waals surface area (Å²) < 4.78 is 2.40. The lowest BCUT2D eigenvalue weighted by molar-refractivity contribution is 1.17. The first kappa shape index (κ1) is 27.5. The topological polar surface area (TPSA) is 30.7 Å². The minimum absolute atomic E-state index is 0.848. The molecule has 0 spiro atoms. The minimum atomic E-state index is 0.848. The van der Waals surface area contributed by atoms with Gasteiger partial charge in [0.25, 0.3) is 0 Å². The summed E-state index contributed by atoms with van der Waals surface area (Å²) in [6.07, 6.45) is 1.94. The molecule has 228 valence electrons. The highest BCUT2D eigenvalue weighted by Gasteiger charge is 2.19. The Morgan fingerprint density at radius 3 is 1.45 bits per heavy atom. The first-order valence-corrected chi connectivity index (χ1v) is 16.7. The van der Waals surface area contributed by atoms with Gasteiger partial charge in [-0.25, -0.2) is 4.98 Å². The van der Waals surface area contributed by atoms with E-state index in [0.29, 0.717) is 0 Å². The predicted octanol–water partition coefficient (Wildman–Crippen LogP) is 12.0. The Morgan fingerprint density at radius 1 is 0.367 bits per heavy atom. The van der Waals surface area contributed by atoms with Gasteiger partial charge >= 0.3 is 0 Å². The number of rotatable bonds is 4. The summed E-state index contributed by atoms with van der Waals surface area (Å²) in [5, 5.41) is 7.05. The molecule has 0 bridgehead atoms. The normalized spacial score (nSPS) is 11.7. The van der Waals surface area contributed by atoms with E-state index in [4.69, 9.17) is 9.97 Å². The van der Waals surface area contributed by atoms with Gasteiger partial charge < -0.3 is 4.57 Å². The van der Waals surface area contributed by atoms with Crippen LogP contribution in [-0.4, -0.2) is 14.5 Å². The van der Waals surface area contributed by atoms with E-state index in [-0.39, 0.29) is 0 Å². The van der Waals surface area contributed by atoms with Crippen molar-refractivity contribution in [3.8, 4) is 39.2 Å². The van der Waals surface area contributed by atoms with Crippen LogP contribution in [0.1, 0.15) is 0 Å². The van der Waals surface area contributed by atoms with Gasteiger partial charge in [0.2, 0.25) is 0 Å². The van der Waals surface area contributed by atoms with Crippen molar-refractivity contribution in [3.05, 3.63) is 176 Å². The third-order valence-corrected chi connectivity index (χ3v) is 9.83. The van der Waals surface area contributed by atoms with Crippen molar-refractivity contribution in [1.82, 2.24) is 14.5 Å². The van der Waals surface area contributed by atoms with Crippen LogP contribution in [0.5, 0.6) is 0 Å². The molecule has 0 atom stereocenters. The average molecular weight is 624 g/mol. The van der Waals surface area contributed by atoms with E-state index in [1.165, 1.54) is 43.8 Å². The molecule has 49 heavy (non-hydrogen) atoms. The van der Waals surface area contributed by atoms with Crippen LogP contribution >= 0.6 is 0 Å². The molecule has 3 heteroatoms. The van der Waals surface area contributed by atoms with Gasteiger partial charge in [0.15, 0.2) is 0 Å². The van der Waals surface area contributed by atoms with E-state index in [9.17, 15) is 0 Å². The Balaban J connectivity index is 1.24. The lowest BCUT2D eigenvalue weighted by atomic mass is 9.99. The third-order valence-electron chi connectivity index (χ3n) is 9.83. The second kappa shape index (κ2) is 11.0. The fourth-order valence-electron chi connectivity index (χ4n) is 7.54. The second-order valence-electron chi connectivity index (χ2n) is 12.6. The van der Waals surface area contributed by atoms with Crippen molar-refractivity contribution in [2.24, 2.45) is 0 Å². The van der Waals surface area contributed by atoms with Gasteiger partial charge in [-0.1, -0.05) is 140 Å². The van der Waals surface area contributed by atoms with Crippen molar-refractivity contribution in [1.29, 1.82) is 0 Å². The highest BCUT2D eigenvalue weighted by molar-refractivity contribution is 6.23. The van der Waals surface area contributed by atoms with Crippen molar-refractivity contribution < 1.29 is 0 Å². The maximum Gasteiger partial charge on any atom is 0.0979 e. The lowest BCUT2D eigenvalue weighted by Crippen LogP contribution is -1.99. The van der Waals surface area contributed by atoms with E-state index in [2.05, 4.69) is 174 Å². The molecule has 0 aliphatic carbocycles. The fraction of sp³-hybridized carbons (Fsp3) is 0. The van der Waals surface area contributed by atoms with Crippen LogP contribution in [0.4, 0.5) is 0 Å². The van der Waals surface area contributed by atoms with E-state index in [1.54, 1.807) is 0 Å². The van der Waals surface area contributed by atoms with Crippen molar-refractivity contribution in [2.75, 3.05) is 0 Å². The zero-order valence-corrected chi connectivity index (χ0v) is 26.6. The van der Waals surface area contributed by atoms with Crippen LogP contribution in [-0.2, 0) is 0 Å². The molecule has 2 heterocycles. The van der Waals surface area contributed by atoms with E-state index >= 15 is 0 Å². The Labute approximate surface area is 283 Å². The summed E-state index contributed by atoms with van der Waals surface area (Å²) in [5.41, 5.74) is 11.9. The number of aromatic nitrogens is 3. The molecular formula is C46H29N3. The van der Waals surface area contributed by atoms with E-state index in [1.807, 2.05) is 6.20 Å². The highest BCUT2D eigenvalue weighted by atomic mass is 15.0. The van der Waals surface area contributed by atoms with E-state index in [0.717, 1.165) is 49.8 Å². The molecule has 10 rings (SSSR count). The molecule has 0 aliphatic rings. The molecule has 0 saturated heterocycles. The zero-order valence-electron chi connectivity index (χ0n) is 26.6. The monoisotopic (exact) mass is 623 g/mol. The molecule has 2 aromatic heterocycles. The summed E-state index contributed by atoms with van der Waals surface area (Å²) in [4.78, 5) is 10.5. The molecule has 0 saturated carbocycles. The van der Waals surface area contributed by atoms with Gasteiger partial charge in [-0.05, 0) is 63.4 Å². The molecular weight excluding hydrogens is 595 g/mol. The van der Waals surface area contributed by atoms with Crippen molar-refractivity contribution in [3.63, 3.8) is 0 Å². The van der Waals surface area contributed by atoms with Gasteiger partial charge in [-0.15, -0.1) is 0 Å². The van der Waals surface area contributed by atoms with E-state index < -0.39 is 0 Å².